The minimum atomic E-state index is 0.240. The fourth-order valence-corrected chi connectivity index (χ4v) is 3.26. The van der Waals surface area contributed by atoms with Gasteiger partial charge in [-0.2, -0.15) is 10.2 Å². The van der Waals surface area contributed by atoms with Crippen LogP contribution in [0.1, 0.15) is 45.5 Å². The first-order valence-corrected chi connectivity index (χ1v) is 7.80. The summed E-state index contributed by atoms with van der Waals surface area (Å²) in [6.45, 7) is 8.30. The van der Waals surface area contributed by atoms with Gasteiger partial charge in [0.2, 0.25) is 0 Å². The first kappa shape index (κ1) is 15.1. The Morgan fingerprint density at radius 3 is 2.55 bits per heavy atom. The van der Waals surface area contributed by atoms with Gasteiger partial charge in [-0.1, -0.05) is 6.92 Å². The monoisotopic (exact) mass is 290 g/mol. The number of aromatic nitrogens is 3. The Labute approximate surface area is 124 Å². The summed E-state index contributed by atoms with van der Waals surface area (Å²) < 4.78 is 0. The van der Waals surface area contributed by atoms with Crippen molar-refractivity contribution < 1.29 is 0 Å². The lowest BCUT2D eigenvalue weighted by Crippen LogP contribution is -2.21. The maximum Gasteiger partial charge on any atom is 0.0949 e. The van der Waals surface area contributed by atoms with Crippen LogP contribution in [0.5, 0.6) is 0 Å². The largest absolute Gasteiger partial charge is 0.313 e. The SMILES string of the molecule is CCc1nnc(C)cc1C(Cc1nc(C)c(C)s1)NC. The molecule has 0 aliphatic rings. The van der Waals surface area contributed by atoms with Crippen molar-refractivity contribution in [3.8, 4) is 0 Å². The molecular formula is C15H22N4S. The van der Waals surface area contributed by atoms with Crippen molar-refractivity contribution in [2.75, 3.05) is 7.05 Å². The third-order valence-corrected chi connectivity index (χ3v) is 4.63. The third-order valence-electron chi connectivity index (χ3n) is 3.54. The summed E-state index contributed by atoms with van der Waals surface area (Å²) in [4.78, 5) is 5.94. The van der Waals surface area contributed by atoms with Crippen LogP contribution in [0, 0.1) is 20.8 Å². The van der Waals surface area contributed by atoms with Crippen molar-refractivity contribution in [3.05, 3.63) is 38.6 Å². The summed E-state index contributed by atoms with van der Waals surface area (Å²) in [5.74, 6) is 0. The van der Waals surface area contributed by atoms with E-state index in [2.05, 4.69) is 47.3 Å². The van der Waals surface area contributed by atoms with Crippen LogP contribution in [0.2, 0.25) is 0 Å². The van der Waals surface area contributed by atoms with Gasteiger partial charge in [0, 0.05) is 17.3 Å². The van der Waals surface area contributed by atoms with Gasteiger partial charge in [-0.25, -0.2) is 4.98 Å². The molecule has 0 aliphatic heterocycles. The van der Waals surface area contributed by atoms with Gasteiger partial charge in [0.15, 0.2) is 0 Å². The molecule has 0 fully saturated rings. The highest BCUT2D eigenvalue weighted by Crippen LogP contribution is 2.25. The average Bonchev–Trinajstić information content (AvgIpc) is 2.75. The quantitative estimate of drug-likeness (QED) is 0.920. The summed E-state index contributed by atoms with van der Waals surface area (Å²) in [5.41, 5.74) is 4.41. The van der Waals surface area contributed by atoms with Crippen LogP contribution in [0.3, 0.4) is 0 Å². The van der Waals surface area contributed by atoms with Gasteiger partial charge in [-0.15, -0.1) is 11.3 Å². The average molecular weight is 290 g/mol. The van der Waals surface area contributed by atoms with Gasteiger partial charge in [0.25, 0.3) is 0 Å². The molecule has 20 heavy (non-hydrogen) atoms. The van der Waals surface area contributed by atoms with E-state index in [9.17, 15) is 0 Å². The van der Waals surface area contributed by atoms with E-state index in [1.165, 1.54) is 15.4 Å². The molecular weight excluding hydrogens is 268 g/mol. The van der Waals surface area contributed by atoms with Crippen molar-refractivity contribution in [1.82, 2.24) is 20.5 Å². The summed E-state index contributed by atoms with van der Waals surface area (Å²) >= 11 is 1.78. The van der Waals surface area contributed by atoms with Crippen molar-refractivity contribution in [1.29, 1.82) is 0 Å². The molecule has 0 aliphatic carbocycles. The standard InChI is InChI=1S/C15H22N4S/c1-6-13-12(7-9(2)18-19-13)14(16-5)8-15-17-10(3)11(4)20-15/h7,14,16H,6,8H2,1-5H3. The van der Waals surface area contributed by atoms with Gasteiger partial charge < -0.3 is 5.32 Å². The van der Waals surface area contributed by atoms with Crippen molar-refractivity contribution in [2.24, 2.45) is 0 Å². The molecule has 0 amide bonds. The highest BCUT2D eigenvalue weighted by Gasteiger charge is 2.17. The molecule has 5 heteroatoms. The molecule has 108 valence electrons. The van der Waals surface area contributed by atoms with E-state index in [0.29, 0.717) is 0 Å². The third kappa shape index (κ3) is 3.22. The van der Waals surface area contributed by atoms with Crippen LogP contribution in [0.4, 0.5) is 0 Å². The number of hydrogen-bond donors (Lipinski definition) is 1. The number of hydrogen-bond acceptors (Lipinski definition) is 5. The second-order valence-corrected chi connectivity index (χ2v) is 6.32. The lowest BCUT2D eigenvalue weighted by atomic mass is 10.0. The molecule has 2 heterocycles. The van der Waals surface area contributed by atoms with E-state index in [-0.39, 0.29) is 6.04 Å². The molecule has 1 atom stereocenters. The molecule has 0 saturated carbocycles. The van der Waals surface area contributed by atoms with E-state index >= 15 is 0 Å². The Balaban J connectivity index is 2.30. The maximum atomic E-state index is 4.64. The first-order valence-electron chi connectivity index (χ1n) is 6.98. The summed E-state index contributed by atoms with van der Waals surface area (Å²) in [6.07, 6.45) is 1.80. The van der Waals surface area contributed by atoms with E-state index in [1.54, 1.807) is 11.3 Å². The fourth-order valence-electron chi connectivity index (χ4n) is 2.28. The normalized spacial score (nSPS) is 12.7. The molecule has 0 aromatic carbocycles. The van der Waals surface area contributed by atoms with Crippen molar-refractivity contribution in [2.45, 2.75) is 46.6 Å². The van der Waals surface area contributed by atoms with Gasteiger partial charge in [-0.05, 0) is 45.9 Å². The van der Waals surface area contributed by atoms with Gasteiger partial charge in [0.05, 0.1) is 22.1 Å². The zero-order chi connectivity index (χ0) is 14.7. The number of thiazole rings is 1. The number of likely N-dealkylation sites (N-methyl/N-ethyl adjacent to an activating group) is 1. The summed E-state index contributed by atoms with van der Waals surface area (Å²) in [7, 11) is 1.99. The minimum absolute atomic E-state index is 0.240. The molecule has 4 nitrogen and oxygen atoms in total. The first-order chi connectivity index (χ1) is 9.55. The summed E-state index contributed by atoms with van der Waals surface area (Å²) in [5, 5.41) is 13.1. The predicted octanol–water partition coefficient (Wildman–Crippen LogP) is 2.92. The number of nitrogens with zero attached hydrogens (tertiary/aromatic N) is 3. The van der Waals surface area contributed by atoms with Gasteiger partial charge in [-0.3, -0.25) is 0 Å². The van der Waals surface area contributed by atoms with Crippen molar-refractivity contribution in [3.63, 3.8) is 0 Å². The van der Waals surface area contributed by atoms with E-state index in [1.807, 2.05) is 14.0 Å². The molecule has 0 saturated heterocycles. The zero-order valence-corrected chi connectivity index (χ0v) is 13.6. The highest BCUT2D eigenvalue weighted by atomic mass is 32.1. The zero-order valence-electron chi connectivity index (χ0n) is 12.8. The molecule has 0 radical (unpaired) electrons. The molecule has 0 spiro atoms. The lowest BCUT2D eigenvalue weighted by Gasteiger charge is -2.18. The van der Waals surface area contributed by atoms with Gasteiger partial charge in [0.1, 0.15) is 0 Å². The smallest absolute Gasteiger partial charge is 0.0949 e. The maximum absolute atomic E-state index is 4.64. The van der Waals surface area contributed by atoms with Crippen LogP contribution < -0.4 is 5.32 Å². The Bertz CT molecular complexity index is 572. The molecule has 1 N–H and O–H groups in total. The number of rotatable bonds is 5. The molecule has 2 aromatic heterocycles. The minimum Gasteiger partial charge on any atom is -0.313 e. The predicted molar refractivity (Wildman–Crippen MR) is 83.2 cm³/mol. The number of nitrogens with one attached hydrogen (secondary N) is 1. The number of aryl methyl sites for hydroxylation is 4. The molecule has 2 aromatic rings. The van der Waals surface area contributed by atoms with E-state index < -0.39 is 0 Å². The Kier molecular flexibility index (Phi) is 4.83. The highest BCUT2D eigenvalue weighted by molar-refractivity contribution is 7.11. The van der Waals surface area contributed by atoms with Crippen LogP contribution in [-0.2, 0) is 12.8 Å². The Morgan fingerprint density at radius 1 is 1.25 bits per heavy atom. The van der Waals surface area contributed by atoms with Crippen LogP contribution in [0.25, 0.3) is 0 Å². The van der Waals surface area contributed by atoms with Crippen LogP contribution in [-0.4, -0.2) is 22.2 Å². The molecule has 0 bridgehead atoms. The molecule has 1 unspecified atom stereocenters. The van der Waals surface area contributed by atoms with Crippen molar-refractivity contribution >= 4 is 11.3 Å². The second kappa shape index (κ2) is 6.41. The topological polar surface area (TPSA) is 50.7 Å². The van der Waals surface area contributed by atoms with Crippen LogP contribution >= 0.6 is 11.3 Å². The molecule has 2 rings (SSSR count). The van der Waals surface area contributed by atoms with E-state index in [0.717, 1.165) is 29.9 Å². The Morgan fingerprint density at radius 2 is 2.00 bits per heavy atom. The van der Waals surface area contributed by atoms with Gasteiger partial charge >= 0.3 is 0 Å². The second-order valence-electron chi connectivity index (χ2n) is 5.04. The van der Waals surface area contributed by atoms with E-state index in [4.69, 9.17) is 0 Å². The Hall–Kier alpha value is -1.33. The lowest BCUT2D eigenvalue weighted by molar-refractivity contribution is 0.577. The summed E-state index contributed by atoms with van der Waals surface area (Å²) in [6, 6.07) is 2.38. The van der Waals surface area contributed by atoms with Crippen LogP contribution in [0.15, 0.2) is 6.07 Å². The fraction of sp³-hybridized carbons (Fsp3) is 0.533.